The molecule has 5 heteroatoms. The number of hydrogen-bond acceptors (Lipinski definition) is 4. The highest BCUT2D eigenvalue weighted by Crippen LogP contribution is 2.42. The van der Waals surface area contributed by atoms with E-state index < -0.39 is 12.0 Å². The Balaban J connectivity index is 1.52. The molecule has 2 saturated carbocycles. The molecule has 0 spiro atoms. The molecule has 4 unspecified atom stereocenters. The third-order valence-corrected chi connectivity index (χ3v) is 7.62. The average Bonchev–Trinajstić information content (AvgIpc) is 2.65. The second-order valence-electron chi connectivity index (χ2n) is 9.72. The van der Waals surface area contributed by atoms with E-state index in [9.17, 15) is 9.90 Å². The van der Waals surface area contributed by atoms with E-state index in [1.807, 2.05) is 0 Å². The molecule has 27 heavy (non-hydrogen) atoms. The number of rotatable bonds is 6. The molecule has 3 rings (SSSR count). The molecule has 1 aliphatic heterocycles. The van der Waals surface area contributed by atoms with Gasteiger partial charge in [-0.05, 0) is 69.6 Å². The lowest BCUT2D eigenvalue weighted by molar-refractivity contribution is -0.142. The molecule has 2 aliphatic carbocycles. The zero-order valence-corrected chi connectivity index (χ0v) is 17.5. The van der Waals surface area contributed by atoms with Gasteiger partial charge in [-0.1, -0.05) is 39.0 Å². The highest BCUT2D eigenvalue weighted by Gasteiger charge is 2.37. The smallest absolute Gasteiger partial charge is 0.321 e. The van der Waals surface area contributed by atoms with E-state index in [0.717, 1.165) is 18.3 Å². The second kappa shape index (κ2) is 9.71. The number of carboxylic acids is 1. The SMILES string of the molecule is CC1CC(C)NC(NC(C(=O)O)C(C)C2CCC(C3CCCCC3)CC2)N1. The molecule has 3 fully saturated rings. The van der Waals surface area contributed by atoms with Crippen molar-refractivity contribution in [2.75, 3.05) is 0 Å². The van der Waals surface area contributed by atoms with Gasteiger partial charge in [0.2, 0.25) is 0 Å². The first-order valence-corrected chi connectivity index (χ1v) is 11.4. The molecular formula is C22H41N3O2. The van der Waals surface area contributed by atoms with Gasteiger partial charge in [-0.25, -0.2) is 0 Å². The molecule has 1 saturated heterocycles. The Bertz CT molecular complexity index is 462. The van der Waals surface area contributed by atoms with Crippen LogP contribution in [0, 0.1) is 23.7 Å². The van der Waals surface area contributed by atoms with Crippen molar-refractivity contribution < 1.29 is 9.90 Å². The summed E-state index contributed by atoms with van der Waals surface area (Å²) in [5, 5.41) is 20.1. The molecule has 0 radical (unpaired) electrons. The molecule has 4 atom stereocenters. The van der Waals surface area contributed by atoms with Gasteiger partial charge in [0.15, 0.2) is 0 Å². The van der Waals surface area contributed by atoms with E-state index in [2.05, 4.69) is 36.7 Å². The van der Waals surface area contributed by atoms with Crippen LogP contribution in [0.3, 0.4) is 0 Å². The third-order valence-electron chi connectivity index (χ3n) is 7.62. The van der Waals surface area contributed by atoms with Crippen molar-refractivity contribution in [3.8, 4) is 0 Å². The monoisotopic (exact) mass is 379 g/mol. The Kier molecular flexibility index (Phi) is 7.57. The van der Waals surface area contributed by atoms with Gasteiger partial charge in [0, 0.05) is 12.1 Å². The minimum Gasteiger partial charge on any atom is -0.480 e. The minimum atomic E-state index is -0.716. The van der Waals surface area contributed by atoms with Crippen molar-refractivity contribution in [2.24, 2.45) is 23.7 Å². The highest BCUT2D eigenvalue weighted by atomic mass is 16.4. The van der Waals surface area contributed by atoms with E-state index >= 15 is 0 Å². The van der Waals surface area contributed by atoms with Crippen molar-refractivity contribution in [3.63, 3.8) is 0 Å². The van der Waals surface area contributed by atoms with E-state index in [1.54, 1.807) is 0 Å². The molecule has 156 valence electrons. The van der Waals surface area contributed by atoms with E-state index in [0.29, 0.717) is 18.0 Å². The number of hydrogen-bond donors (Lipinski definition) is 4. The predicted molar refractivity (Wildman–Crippen MR) is 109 cm³/mol. The van der Waals surface area contributed by atoms with Gasteiger partial charge in [0.05, 0.1) is 0 Å². The zero-order chi connectivity index (χ0) is 19.4. The standard InChI is InChI=1S/C22H41N3O2/c1-14-13-15(2)24-22(23-14)25-20(21(26)27)16(3)17-9-11-19(12-10-17)18-7-5-4-6-8-18/h14-20,22-25H,4-13H2,1-3H3,(H,26,27). The van der Waals surface area contributed by atoms with Crippen LogP contribution >= 0.6 is 0 Å². The zero-order valence-electron chi connectivity index (χ0n) is 17.5. The van der Waals surface area contributed by atoms with Crippen LogP contribution in [0.25, 0.3) is 0 Å². The lowest BCUT2D eigenvalue weighted by atomic mass is 9.68. The quantitative estimate of drug-likeness (QED) is 0.566. The molecule has 3 aliphatic rings. The van der Waals surface area contributed by atoms with Gasteiger partial charge in [0.25, 0.3) is 0 Å². The molecule has 5 nitrogen and oxygen atoms in total. The number of nitrogens with one attached hydrogen (secondary N) is 3. The first-order valence-electron chi connectivity index (χ1n) is 11.4. The van der Waals surface area contributed by atoms with Crippen LogP contribution < -0.4 is 16.0 Å². The largest absolute Gasteiger partial charge is 0.480 e. The maximum absolute atomic E-state index is 12.0. The second-order valence-corrected chi connectivity index (χ2v) is 9.72. The summed E-state index contributed by atoms with van der Waals surface area (Å²) in [6, 6.07) is 0.299. The summed E-state index contributed by atoms with van der Waals surface area (Å²) in [6.07, 6.45) is 13.1. The summed E-state index contributed by atoms with van der Waals surface area (Å²) < 4.78 is 0. The molecule has 4 N–H and O–H groups in total. The first-order chi connectivity index (χ1) is 12.9. The fourth-order valence-corrected chi connectivity index (χ4v) is 6.03. The normalized spacial score (nSPS) is 38.3. The van der Waals surface area contributed by atoms with Crippen molar-refractivity contribution >= 4 is 5.97 Å². The lowest BCUT2D eigenvalue weighted by Gasteiger charge is -2.41. The summed E-state index contributed by atoms with van der Waals surface area (Å²) in [4.78, 5) is 12.0. The van der Waals surface area contributed by atoms with Gasteiger partial charge in [-0.2, -0.15) is 0 Å². The van der Waals surface area contributed by atoms with Crippen LogP contribution in [0.4, 0.5) is 0 Å². The number of carboxylic acid groups (broad SMARTS) is 1. The summed E-state index contributed by atoms with van der Waals surface area (Å²) in [5.74, 6) is 1.81. The van der Waals surface area contributed by atoms with Crippen LogP contribution in [0.2, 0.25) is 0 Å². The topological polar surface area (TPSA) is 73.4 Å². The van der Waals surface area contributed by atoms with E-state index in [-0.39, 0.29) is 12.2 Å². The lowest BCUT2D eigenvalue weighted by Crippen LogP contribution is -2.66. The van der Waals surface area contributed by atoms with Crippen molar-refractivity contribution in [1.29, 1.82) is 0 Å². The van der Waals surface area contributed by atoms with Crippen LogP contribution in [-0.4, -0.2) is 35.5 Å². The van der Waals surface area contributed by atoms with Crippen LogP contribution in [0.5, 0.6) is 0 Å². The van der Waals surface area contributed by atoms with E-state index in [1.165, 1.54) is 57.8 Å². The van der Waals surface area contributed by atoms with Gasteiger partial charge in [-0.15, -0.1) is 0 Å². The fraction of sp³-hybridized carbons (Fsp3) is 0.955. The van der Waals surface area contributed by atoms with Gasteiger partial charge >= 0.3 is 5.97 Å². The molecule has 0 aromatic rings. The summed E-state index contributed by atoms with van der Waals surface area (Å²) in [6.45, 7) is 6.47. The van der Waals surface area contributed by atoms with E-state index in [4.69, 9.17) is 0 Å². The molecule has 1 heterocycles. The summed E-state index contributed by atoms with van der Waals surface area (Å²) in [5.41, 5.74) is 0. The van der Waals surface area contributed by atoms with Gasteiger partial charge in [0.1, 0.15) is 12.3 Å². The first kappa shape index (κ1) is 21.1. The van der Waals surface area contributed by atoms with Crippen LogP contribution in [0.1, 0.15) is 85.0 Å². The minimum absolute atomic E-state index is 0.120. The predicted octanol–water partition coefficient (Wildman–Crippen LogP) is 3.70. The summed E-state index contributed by atoms with van der Waals surface area (Å²) in [7, 11) is 0. The Morgan fingerprint density at radius 1 is 0.926 bits per heavy atom. The third kappa shape index (κ3) is 5.68. The molecule has 0 aromatic heterocycles. The van der Waals surface area contributed by atoms with Crippen LogP contribution in [-0.2, 0) is 4.79 Å². The van der Waals surface area contributed by atoms with Gasteiger partial charge in [-0.3, -0.25) is 20.7 Å². The molecule has 0 bridgehead atoms. The van der Waals surface area contributed by atoms with Crippen molar-refractivity contribution in [3.05, 3.63) is 0 Å². The van der Waals surface area contributed by atoms with Crippen molar-refractivity contribution in [1.82, 2.24) is 16.0 Å². The maximum Gasteiger partial charge on any atom is 0.321 e. The Labute approximate surface area is 165 Å². The molecule has 0 amide bonds. The Morgan fingerprint density at radius 3 is 2.04 bits per heavy atom. The number of aliphatic carboxylic acids is 1. The van der Waals surface area contributed by atoms with Crippen LogP contribution in [0.15, 0.2) is 0 Å². The fourth-order valence-electron chi connectivity index (χ4n) is 6.03. The van der Waals surface area contributed by atoms with Crippen molar-refractivity contribution in [2.45, 2.75) is 109 Å². The molecular weight excluding hydrogens is 338 g/mol. The number of carbonyl (C=O) groups is 1. The Morgan fingerprint density at radius 2 is 1.48 bits per heavy atom. The molecule has 0 aromatic carbocycles. The summed E-state index contributed by atoms with van der Waals surface area (Å²) >= 11 is 0. The highest BCUT2D eigenvalue weighted by molar-refractivity contribution is 5.73. The average molecular weight is 380 g/mol. The Hall–Kier alpha value is -0.650. The maximum atomic E-state index is 12.0. The van der Waals surface area contributed by atoms with Gasteiger partial charge < -0.3 is 5.11 Å².